The number of hydrogen-bond acceptors (Lipinski definition) is 6. The molecule has 9 heteroatoms. The van der Waals surface area contributed by atoms with E-state index in [-0.39, 0.29) is 27.9 Å². The Balaban J connectivity index is 2.35. The van der Waals surface area contributed by atoms with Crippen LogP contribution in [0.4, 0.5) is 10.2 Å². The number of rotatable bonds is 5. The van der Waals surface area contributed by atoms with Gasteiger partial charge in [0.2, 0.25) is 9.84 Å². The zero-order valence-corrected chi connectivity index (χ0v) is 14.8. The summed E-state index contributed by atoms with van der Waals surface area (Å²) in [6.45, 7) is 1.99. The molecule has 1 aromatic carbocycles. The molecule has 2 aromatic heterocycles. The fraction of sp³-hybridized carbons (Fsp3) is 0.250. The van der Waals surface area contributed by atoms with Crippen LogP contribution in [0.5, 0.6) is 0 Å². The van der Waals surface area contributed by atoms with Gasteiger partial charge in [-0.05, 0) is 31.2 Å². The average Bonchev–Trinajstić information content (AvgIpc) is 2.94. The summed E-state index contributed by atoms with van der Waals surface area (Å²) in [6, 6.07) is 6.62. The minimum Gasteiger partial charge on any atom is -0.378 e. The number of aromatic nitrogens is 3. The van der Waals surface area contributed by atoms with Crippen LogP contribution in [0.3, 0.4) is 0 Å². The molecule has 0 aliphatic carbocycles. The van der Waals surface area contributed by atoms with E-state index in [0.717, 1.165) is 6.07 Å². The molecule has 25 heavy (non-hydrogen) atoms. The largest absolute Gasteiger partial charge is 0.378 e. The molecule has 0 aliphatic rings. The van der Waals surface area contributed by atoms with Crippen LogP contribution in [-0.2, 0) is 21.2 Å². The maximum atomic E-state index is 13.5. The molecule has 7 nitrogen and oxygen atoms in total. The van der Waals surface area contributed by atoms with Gasteiger partial charge in [0, 0.05) is 19.9 Å². The van der Waals surface area contributed by atoms with E-state index in [1.165, 1.54) is 29.8 Å². The number of methoxy groups -OCH3 is 1. The minimum atomic E-state index is -4.03. The van der Waals surface area contributed by atoms with Gasteiger partial charge in [-0.15, -0.1) is 5.10 Å². The van der Waals surface area contributed by atoms with Gasteiger partial charge < -0.3 is 10.1 Å². The van der Waals surface area contributed by atoms with Crippen LogP contribution in [0, 0.1) is 12.7 Å². The smallest absolute Gasteiger partial charge is 0.214 e. The highest BCUT2D eigenvalue weighted by atomic mass is 32.2. The second kappa shape index (κ2) is 6.41. The second-order valence-corrected chi connectivity index (χ2v) is 7.33. The Bertz CT molecular complexity index is 1050. The average molecular weight is 364 g/mol. The van der Waals surface area contributed by atoms with Crippen molar-refractivity contribution in [2.75, 3.05) is 19.5 Å². The van der Waals surface area contributed by atoms with Crippen LogP contribution in [0.15, 0.2) is 40.1 Å². The monoisotopic (exact) mass is 364 g/mol. The molecule has 3 aromatic rings. The van der Waals surface area contributed by atoms with Gasteiger partial charge in [-0.25, -0.2) is 22.3 Å². The Hall–Kier alpha value is -2.52. The number of benzene rings is 1. The van der Waals surface area contributed by atoms with Gasteiger partial charge in [-0.2, -0.15) is 0 Å². The maximum absolute atomic E-state index is 13.5. The molecule has 0 amide bonds. The van der Waals surface area contributed by atoms with Crippen LogP contribution >= 0.6 is 0 Å². The number of hydrogen-bond donors (Lipinski definition) is 1. The van der Waals surface area contributed by atoms with Crippen molar-refractivity contribution in [3.05, 3.63) is 47.5 Å². The van der Waals surface area contributed by atoms with E-state index < -0.39 is 15.7 Å². The van der Waals surface area contributed by atoms with Crippen LogP contribution in [-0.4, -0.2) is 37.2 Å². The standard InChI is InChI=1S/C16H17FN4O3S/c1-10-7-12(9-24-3)21-16(19-10)14(15(18-2)20-21)25(22,23)13-6-4-5-11(17)8-13/h4-8H,9H2,1-3H3,(H,18,20). The lowest BCUT2D eigenvalue weighted by Gasteiger charge is -2.07. The van der Waals surface area contributed by atoms with Crippen molar-refractivity contribution >= 4 is 21.3 Å². The van der Waals surface area contributed by atoms with E-state index in [9.17, 15) is 12.8 Å². The topological polar surface area (TPSA) is 85.6 Å². The van der Waals surface area contributed by atoms with Crippen molar-refractivity contribution in [3.8, 4) is 0 Å². The van der Waals surface area contributed by atoms with Crippen LogP contribution in [0.2, 0.25) is 0 Å². The number of ether oxygens (including phenoxy) is 1. The number of anilines is 1. The van der Waals surface area contributed by atoms with Crippen molar-refractivity contribution in [1.29, 1.82) is 0 Å². The molecule has 0 aliphatic heterocycles. The number of nitrogens with zero attached hydrogens (tertiary/aromatic N) is 3. The van der Waals surface area contributed by atoms with E-state index in [2.05, 4.69) is 15.4 Å². The SMILES string of the molecule is CNc1nn2c(COC)cc(C)nc2c1S(=O)(=O)c1cccc(F)c1. The zero-order valence-electron chi connectivity index (χ0n) is 13.9. The Kier molecular flexibility index (Phi) is 4.44. The Morgan fingerprint density at radius 1 is 1.32 bits per heavy atom. The lowest BCUT2D eigenvalue weighted by Crippen LogP contribution is -2.07. The lowest BCUT2D eigenvalue weighted by atomic mass is 10.3. The minimum absolute atomic E-state index is 0.0957. The summed E-state index contributed by atoms with van der Waals surface area (Å²) in [5, 5.41) is 7.07. The highest BCUT2D eigenvalue weighted by Crippen LogP contribution is 2.31. The summed E-state index contributed by atoms with van der Waals surface area (Å²) < 4.78 is 46.3. The molecular weight excluding hydrogens is 347 g/mol. The predicted octanol–water partition coefficient (Wildman–Crippen LogP) is 2.20. The summed E-state index contributed by atoms with van der Waals surface area (Å²) in [6.07, 6.45) is 0. The first-order valence-electron chi connectivity index (χ1n) is 7.45. The van der Waals surface area contributed by atoms with Crippen molar-refractivity contribution in [2.45, 2.75) is 23.3 Å². The first kappa shape index (κ1) is 17.3. The maximum Gasteiger partial charge on any atom is 0.214 e. The highest BCUT2D eigenvalue weighted by Gasteiger charge is 2.29. The van der Waals surface area contributed by atoms with E-state index in [1.54, 1.807) is 20.0 Å². The number of halogens is 1. The number of sulfone groups is 1. The quantitative estimate of drug-likeness (QED) is 0.747. The molecule has 3 rings (SSSR count). The number of fused-ring (bicyclic) bond motifs is 1. The third kappa shape index (κ3) is 2.96. The van der Waals surface area contributed by atoms with Crippen LogP contribution in [0.25, 0.3) is 5.65 Å². The Morgan fingerprint density at radius 3 is 2.72 bits per heavy atom. The molecule has 0 atom stereocenters. The van der Waals surface area contributed by atoms with Crippen molar-refractivity contribution in [3.63, 3.8) is 0 Å². The van der Waals surface area contributed by atoms with Crippen LogP contribution in [0.1, 0.15) is 11.4 Å². The number of nitrogens with one attached hydrogen (secondary N) is 1. The third-order valence-electron chi connectivity index (χ3n) is 3.65. The Labute approximate surface area is 144 Å². The molecular formula is C16H17FN4O3S. The van der Waals surface area contributed by atoms with Gasteiger partial charge in [0.15, 0.2) is 16.4 Å². The summed E-state index contributed by atoms with van der Waals surface area (Å²) in [7, 11) is -0.924. The molecule has 0 saturated heterocycles. The molecule has 0 saturated carbocycles. The molecule has 0 radical (unpaired) electrons. The second-order valence-electron chi connectivity index (χ2n) is 5.45. The number of aryl methyl sites for hydroxylation is 1. The highest BCUT2D eigenvalue weighted by molar-refractivity contribution is 7.91. The van der Waals surface area contributed by atoms with Crippen molar-refractivity contribution in [2.24, 2.45) is 0 Å². The van der Waals surface area contributed by atoms with Gasteiger partial charge in [0.05, 0.1) is 17.2 Å². The molecule has 0 bridgehead atoms. The first-order valence-corrected chi connectivity index (χ1v) is 8.93. The van der Waals surface area contributed by atoms with Crippen molar-refractivity contribution in [1.82, 2.24) is 14.6 Å². The normalized spacial score (nSPS) is 11.8. The first-order chi connectivity index (χ1) is 11.9. The Morgan fingerprint density at radius 2 is 2.08 bits per heavy atom. The third-order valence-corrected chi connectivity index (χ3v) is 5.44. The van der Waals surface area contributed by atoms with Crippen LogP contribution < -0.4 is 5.32 Å². The zero-order chi connectivity index (χ0) is 18.2. The summed E-state index contributed by atoms with van der Waals surface area (Å²) in [5.74, 6) is -0.493. The molecule has 1 N–H and O–H groups in total. The molecule has 132 valence electrons. The predicted molar refractivity (Wildman–Crippen MR) is 89.8 cm³/mol. The van der Waals surface area contributed by atoms with Gasteiger partial charge in [0.1, 0.15) is 5.82 Å². The fourth-order valence-corrected chi connectivity index (χ4v) is 4.14. The lowest BCUT2D eigenvalue weighted by molar-refractivity contribution is 0.179. The molecule has 0 spiro atoms. The van der Waals surface area contributed by atoms with E-state index >= 15 is 0 Å². The fourth-order valence-electron chi connectivity index (χ4n) is 2.61. The molecule has 2 heterocycles. The van der Waals surface area contributed by atoms with Gasteiger partial charge in [-0.3, -0.25) is 0 Å². The van der Waals surface area contributed by atoms with Crippen molar-refractivity contribution < 1.29 is 17.5 Å². The van der Waals surface area contributed by atoms with E-state index in [4.69, 9.17) is 4.74 Å². The molecule has 0 unspecified atom stereocenters. The van der Waals surface area contributed by atoms with Gasteiger partial charge in [0.25, 0.3) is 0 Å². The summed E-state index contributed by atoms with van der Waals surface area (Å²) in [4.78, 5) is 4.08. The summed E-state index contributed by atoms with van der Waals surface area (Å²) in [5.41, 5.74) is 1.45. The van der Waals surface area contributed by atoms with E-state index in [0.29, 0.717) is 11.4 Å². The van der Waals surface area contributed by atoms with E-state index in [1.807, 2.05) is 0 Å². The molecule has 0 fully saturated rings. The van der Waals surface area contributed by atoms with Gasteiger partial charge in [-0.1, -0.05) is 6.07 Å². The van der Waals surface area contributed by atoms with Gasteiger partial charge >= 0.3 is 0 Å². The summed E-state index contributed by atoms with van der Waals surface area (Å²) >= 11 is 0.